The van der Waals surface area contributed by atoms with Crippen LogP contribution in [0.15, 0.2) is 12.4 Å². The Kier molecular flexibility index (Phi) is 3.86. The Morgan fingerprint density at radius 1 is 1.12 bits per heavy atom. The van der Waals surface area contributed by atoms with E-state index in [1.165, 1.54) is 6.20 Å². The van der Waals surface area contributed by atoms with Crippen molar-refractivity contribution in [2.24, 2.45) is 17.8 Å². The van der Waals surface area contributed by atoms with Gasteiger partial charge in [-0.15, -0.1) is 0 Å². The summed E-state index contributed by atoms with van der Waals surface area (Å²) >= 11 is 0. The average molecular weight is 330 g/mol. The second kappa shape index (κ2) is 6.03. The third-order valence-corrected chi connectivity index (χ3v) is 5.47. The molecule has 0 unspecified atom stereocenters. The first-order valence-electron chi connectivity index (χ1n) is 8.72. The zero-order valence-electron chi connectivity index (χ0n) is 13.6. The number of aromatic nitrogens is 2. The molecule has 0 radical (unpaired) electrons. The van der Waals surface area contributed by atoms with Crippen LogP contribution in [0.5, 0.6) is 0 Å². The summed E-state index contributed by atoms with van der Waals surface area (Å²) in [4.78, 5) is 36.5. The maximum atomic E-state index is 12.5. The maximum Gasteiger partial charge on any atom is 0.308 e. The van der Waals surface area contributed by atoms with E-state index in [0.717, 1.165) is 38.8 Å². The number of aliphatic carboxylic acids is 1. The largest absolute Gasteiger partial charge is 0.481 e. The lowest BCUT2D eigenvalue weighted by molar-refractivity contribution is -0.142. The third-order valence-electron chi connectivity index (χ3n) is 5.47. The van der Waals surface area contributed by atoms with E-state index in [2.05, 4.69) is 9.97 Å². The molecule has 2 atom stereocenters. The Morgan fingerprint density at radius 2 is 1.88 bits per heavy atom. The minimum absolute atomic E-state index is 0.0745. The van der Waals surface area contributed by atoms with E-state index < -0.39 is 5.97 Å². The number of likely N-dealkylation sites (tertiary alicyclic amines) is 1. The SMILES string of the molecule is O=C(O)[C@@H]1CN(c2cncc(C(=O)N3CCCC3)n2)C[C@H]1C1CC1. The minimum Gasteiger partial charge on any atom is -0.481 e. The molecule has 7 heteroatoms. The molecule has 24 heavy (non-hydrogen) atoms. The van der Waals surface area contributed by atoms with Crippen molar-refractivity contribution in [1.29, 1.82) is 0 Å². The maximum absolute atomic E-state index is 12.5. The number of hydrogen-bond donors (Lipinski definition) is 1. The van der Waals surface area contributed by atoms with Gasteiger partial charge in [-0.2, -0.15) is 0 Å². The normalized spacial score (nSPS) is 26.8. The number of amides is 1. The number of carboxylic acid groups (broad SMARTS) is 1. The highest BCUT2D eigenvalue weighted by atomic mass is 16.4. The van der Waals surface area contributed by atoms with Gasteiger partial charge in [0.15, 0.2) is 0 Å². The molecule has 0 bridgehead atoms. The fourth-order valence-corrected chi connectivity index (χ4v) is 3.97. The predicted molar refractivity (Wildman–Crippen MR) is 86.7 cm³/mol. The van der Waals surface area contributed by atoms with E-state index in [9.17, 15) is 14.7 Å². The van der Waals surface area contributed by atoms with Crippen molar-refractivity contribution in [2.75, 3.05) is 31.1 Å². The topological polar surface area (TPSA) is 86.6 Å². The summed E-state index contributed by atoms with van der Waals surface area (Å²) in [6, 6.07) is 0. The number of rotatable bonds is 4. The van der Waals surface area contributed by atoms with Gasteiger partial charge in [-0.3, -0.25) is 14.6 Å². The zero-order chi connectivity index (χ0) is 16.7. The molecule has 7 nitrogen and oxygen atoms in total. The van der Waals surface area contributed by atoms with Crippen LogP contribution in [0, 0.1) is 17.8 Å². The summed E-state index contributed by atoms with van der Waals surface area (Å²) in [5.41, 5.74) is 0.358. The summed E-state index contributed by atoms with van der Waals surface area (Å²) in [6.07, 6.45) is 7.47. The molecular weight excluding hydrogens is 308 g/mol. The van der Waals surface area contributed by atoms with Crippen LogP contribution >= 0.6 is 0 Å². The van der Waals surface area contributed by atoms with Gasteiger partial charge in [0.25, 0.3) is 5.91 Å². The van der Waals surface area contributed by atoms with Gasteiger partial charge in [-0.1, -0.05) is 0 Å². The average Bonchev–Trinajstić information content (AvgIpc) is 3.12. The highest BCUT2D eigenvalue weighted by Gasteiger charge is 2.46. The smallest absolute Gasteiger partial charge is 0.308 e. The number of nitrogens with zero attached hydrogens (tertiary/aromatic N) is 4. The quantitative estimate of drug-likeness (QED) is 0.894. The summed E-state index contributed by atoms with van der Waals surface area (Å²) in [6.45, 7) is 2.70. The van der Waals surface area contributed by atoms with Gasteiger partial charge in [0.2, 0.25) is 0 Å². The Bertz CT molecular complexity index is 655. The number of carbonyl (C=O) groups is 2. The molecule has 3 aliphatic rings. The Hall–Kier alpha value is -2.18. The zero-order valence-corrected chi connectivity index (χ0v) is 13.6. The molecule has 1 amide bonds. The Labute approximate surface area is 140 Å². The number of hydrogen-bond acceptors (Lipinski definition) is 5. The van der Waals surface area contributed by atoms with Crippen LogP contribution in [0.3, 0.4) is 0 Å². The van der Waals surface area contributed by atoms with E-state index in [4.69, 9.17) is 0 Å². The fourth-order valence-electron chi connectivity index (χ4n) is 3.97. The van der Waals surface area contributed by atoms with Crippen molar-refractivity contribution < 1.29 is 14.7 Å². The van der Waals surface area contributed by atoms with E-state index >= 15 is 0 Å². The summed E-state index contributed by atoms with van der Waals surface area (Å²) in [5, 5.41) is 9.49. The Balaban J connectivity index is 1.53. The van der Waals surface area contributed by atoms with Gasteiger partial charge in [-0.25, -0.2) is 4.98 Å². The number of carbonyl (C=O) groups excluding carboxylic acids is 1. The molecule has 2 saturated heterocycles. The van der Waals surface area contributed by atoms with Gasteiger partial charge in [-0.05, 0) is 37.5 Å². The molecule has 1 aromatic heterocycles. The van der Waals surface area contributed by atoms with Crippen molar-refractivity contribution in [3.05, 3.63) is 18.1 Å². The molecule has 0 aromatic carbocycles. The van der Waals surface area contributed by atoms with Gasteiger partial charge in [0.05, 0.1) is 18.3 Å². The molecule has 4 rings (SSSR count). The molecule has 1 aromatic rings. The summed E-state index contributed by atoms with van der Waals surface area (Å²) in [7, 11) is 0. The molecule has 2 aliphatic heterocycles. The lowest BCUT2D eigenvalue weighted by Crippen LogP contribution is -2.29. The lowest BCUT2D eigenvalue weighted by atomic mass is 9.92. The molecular formula is C17H22N4O3. The van der Waals surface area contributed by atoms with Crippen molar-refractivity contribution in [3.63, 3.8) is 0 Å². The highest BCUT2D eigenvalue weighted by Crippen LogP contribution is 2.44. The second-order valence-corrected chi connectivity index (χ2v) is 7.11. The Morgan fingerprint density at radius 3 is 2.54 bits per heavy atom. The summed E-state index contributed by atoms with van der Waals surface area (Å²) in [5.74, 6) is 0.175. The number of anilines is 1. The molecule has 128 valence electrons. The van der Waals surface area contributed by atoms with Crippen LogP contribution in [0.4, 0.5) is 5.82 Å². The third kappa shape index (κ3) is 2.83. The van der Waals surface area contributed by atoms with Crippen molar-refractivity contribution in [1.82, 2.24) is 14.9 Å². The van der Waals surface area contributed by atoms with E-state index in [1.54, 1.807) is 6.20 Å². The van der Waals surface area contributed by atoms with Gasteiger partial charge >= 0.3 is 5.97 Å². The van der Waals surface area contributed by atoms with Gasteiger partial charge in [0, 0.05) is 26.2 Å². The summed E-state index contributed by atoms with van der Waals surface area (Å²) < 4.78 is 0. The molecule has 1 saturated carbocycles. The van der Waals surface area contributed by atoms with Crippen LogP contribution in [-0.4, -0.2) is 58.0 Å². The molecule has 3 fully saturated rings. The molecule has 3 heterocycles. The first-order valence-corrected chi connectivity index (χ1v) is 8.72. The standard InChI is InChI=1S/C17H22N4O3/c22-16(20-5-1-2-6-20)14-7-18-8-15(19-14)21-9-12(11-3-4-11)13(10-21)17(23)24/h7-8,11-13H,1-6,9-10H2,(H,23,24)/t12-,13+/m0/s1. The van der Waals surface area contributed by atoms with Crippen LogP contribution in [0.25, 0.3) is 0 Å². The second-order valence-electron chi connectivity index (χ2n) is 7.11. The van der Waals surface area contributed by atoms with Crippen LogP contribution in [0.2, 0.25) is 0 Å². The van der Waals surface area contributed by atoms with E-state index in [-0.39, 0.29) is 17.7 Å². The predicted octanol–water partition coefficient (Wildman–Crippen LogP) is 1.26. The molecule has 1 aliphatic carbocycles. The number of carboxylic acids is 1. The monoisotopic (exact) mass is 330 g/mol. The van der Waals surface area contributed by atoms with Crippen LogP contribution < -0.4 is 4.90 Å². The van der Waals surface area contributed by atoms with Gasteiger partial charge in [0.1, 0.15) is 11.5 Å². The van der Waals surface area contributed by atoms with Crippen molar-refractivity contribution >= 4 is 17.7 Å². The van der Waals surface area contributed by atoms with Crippen LogP contribution in [0.1, 0.15) is 36.2 Å². The van der Waals surface area contributed by atoms with Crippen molar-refractivity contribution in [2.45, 2.75) is 25.7 Å². The first kappa shape index (κ1) is 15.4. The molecule has 1 N–H and O–H groups in total. The van der Waals surface area contributed by atoms with E-state index in [1.807, 2.05) is 9.80 Å². The van der Waals surface area contributed by atoms with Crippen molar-refractivity contribution in [3.8, 4) is 0 Å². The van der Waals surface area contributed by atoms with E-state index in [0.29, 0.717) is 30.5 Å². The molecule has 0 spiro atoms. The highest BCUT2D eigenvalue weighted by molar-refractivity contribution is 5.92. The minimum atomic E-state index is -0.730. The fraction of sp³-hybridized carbons (Fsp3) is 0.647. The lowest BCUT2D eigenvalue weighted by Gasteiger charge is -2.19. The van der Waals surface area contributed by atoms with Gasteiger partial charge < -0.3 is 14.9 Å². The van der Waals surface area contributed by atoms with Crippen LogP contribution in [-0.2, 0) is 4.79 Å². The first-order chi connectivity index (χ1) is 11.6.